The molecule has 0 aromatic heterocycles. The Bertz CT molecular complexity index is 56.9. The SMILES string of the molecule is CCCC[C@H](F)CCO. The van der Waals surface area contributed by atoms with E-state index in [4.69, 9.17) is 5.11 Å². The van der Waals surface area contributed by atoms with Gasteiger partial charge in [0.2, 0.25) is 0 Å². The van der Waals surface area contributed by atoms with E-state index in [1.807, 2.05) is 6.92 Å². The molecule has 0 aromatic rings. The van der Waals surface area contributed by atoms with Crippen LogP contribution in [0.15, 0.2) is 0 Å². The van der Waals surface area contributed by atoms with E-state index in [-0.39, 0.29) is 6.61 Å². The molecule has 0 radical (unpaired) electrons. The van der Waals surface area contributed by atoms with Crippen molar-refractivity contribution in [2.75, 3.05) is 6.61 Å². The molecule has 0 aliphatic carbocycles. The van der Waals surface area contributed by atoms with E-state index in [1.165, 1.54) is 0 Å². The smallest absolute Gasteiger partial charge is 0.102 e. The van der Waals surface area contributed by atoms with Crippen LogP contribution in [-0.2, 0) is 0 Å². The second kappa shape index (κ2) is 6.02. The van der Waals surface area contributed by atoms with Crippen LogP contribution in [0, 0.1) is 0 Å². The Labute approximate surface area is 55.9 Å². The van der Waals surface area contributed by atoms with E-state index in [0.717, 1.165) is 12.8 Å². The number of alkyl halides is 1. The van der Waals surface area contributed by atoms with Gasteiger partial charge >= 0.3 is 0 Å². The zero-order valence-corrected chi connectivity index (χ0v) is 5.94. The molecule has 0 heterocycles. The van der Waals surface area contributed by atoms with Gasteiger partial charge in [0.1, 0.15) is 6.17 Å². The highest BCUT2D eigenvalue weighted by Crippen LogP contribution is 2.06. The fourth-order valence-electron chi connectivity index (χ4n) is 0.710. The molecular weight excluding hydrogens is 119 g/mol. The summed E-state index contributed by atoms with van der Waals surface area (Å²) in [5, 5.41) is 8.30. The van der Waals surface area contributed by atoms with E-state index >= 15 is 0 Å². The molecule has 0 rings (SSSR count). The van der Waals surface area contributed by atoms with Gasteiger partial charge in [0.25, 0.3) is 0 Å². The summed E-state index contributed by atoms with van der Waals surface area (Å²) in [6.07, 6.45) is 2.10. The van der Waals surface area contributed by atoms with Crippen LogP contribution in [0.25, 0.3) is 0 Å². The van der Waals surface area contributed by atoms with Crippen molar-refractivity contribution in [3.05, 3.63) is 0 Å². The maximum Gasteiger partial charge on any atom is 0.102 e. The van der Waals surface area contributed by atoms with Gasteiger partial charge in [0.05, 0.1) is 0 Å². The lowest BCUT2D eigenvalue weighted by atomic mass is 10.1. The van der Waals surface area contributed by atoms with Crippen LogP contribution in [0.5, 0.6) is 0 Å². The fourth-order valence-corrected chi connectivity index (χ4v) is 0.710. The highest BCUT2D eigenvalue weighted by atomic mass is 19.1. The van der Waals surface area contributed by atoms with Crippen molar-refractivity contribution < 1.29 is 9.50 Å². The van der Waals surface area contributed by atoms with Gasteiger partial charge in [-0.3, -0.25) is 0 Å². The van der Waals surface area contributed by atoms with Crippen molar-refractivity contribution in [2.24, 2.45) is 0 Å². The van der Waals surface area contributed by atoms with Crippen LogP contribution in [0.3, 0.4) is 0 Å². The minimum absolute atomic E-state index is 0.0229. The number of rotatable bonds is 5. The second-order valence-corrected chi connectivity index (χ2v) is 2.25. The maximum atomic E-state index is 12.4. The first-order valence-corrected chi connectivity index (χ1v) is 3.56. The summed E-state index contributed by atoms with van der Waals surface area (Å²) in [5.41, 5.74) is 0. The number of halogens is 1. The monoisotopic (exact) mass is 134 g/mol. The maximum absolute atomic E-state index is 12.4. The molecule has 0 amide bonds. The van der Waals surface area contributed by atoms with E-state index < -0.39 is 6.17 Å². The minimum Gasteiger partial charge on any atom is -0.396 e. The Kier molecular flexibility index (Phi) is 5.94. The average Bonchev–Trinajstić information content (AvgIpc) is 1.85. The zero-order chi connectivity index (χ0) is 7.11. The standard InChI is InChI=1S/C7H15FO/c1-2-3-4-7(8)5-6-9/h7,9H,2-6H2,1H3/t7-/m0/s1. The highest BCUT2D eigenvalue weighted by molar-refractivity contribution is 4.53. The first-order chi connectivity index (χ1) is 4.31. The summed E-state index contributed by atoms with van der Waals surface area (Å²) in [6.45, 7) is 2.01. The van der Waals surface area contributed by atoms with Gasteiger partial charge in [-0.15, -0.1) is 0 Å². The van der Waals surface area contributed by atoms with Crippen LogP contribution in [0.2, 0.25) is 0 Å². The van der Waals surface area contributed by atoms with Crippen LogP contribution < -0.4 is 0 Å². The van der Waals surface area contributed by atoms with Crippen LogP contribution in [-0.4, -0.2) is 17.9 Å². The molecule has 2 heteroatoms. The summed E-state index contributed by atoms with van der Waals surface area (Å²) >= 11 is 0. The summed E-state index contributed by atoms with van der Waals surface area (Å²) in [5.74, 6) is 0. The Morgan fingerprint density at radius 3 is 2.56 bits per heavy atom. The van der Waals surface area contributed by atoms with Crippen LogP contribution in [0.4, 0.5) is 4.39 Å². The fraction of sp³-hybridized carbons (Fsp3) is 1.00. The molecule has 0 unspecified atom stereocenters. The normalized spacial score (nSPS) is 13.7. The van der Waals surface area contributed by atoms with E-state index in [9.17, 15) is 4.39 Å². The van der Waals surface area contributed by atoms with Crippen molar-refractivity contribution in [1.82, 2.24) is 0 Å². The molecule has 0 aliphatic rings. The van der Waals surface area contributed by atoms with Crippen molar-refractivity contribution in [2.45, 2.75) is 38.8 Å². The number of hydrogen-bond donors (Lipinski definition) is 1. The molecule has 0 aromatic carbocycles. The molecule has 9 heavy (non-hydrogen) atoms. The van der Waals surface area contributed by atoms with Gasteiger partial charge in [0.15, 0.2) is 0 Å². The van der Waals surface area contributed by atoms with Crippen molar-refractivity contribution in [1.29, 1.82) is 0 Å². The minimum atomic E-state index is -0.782. The predicted octanol–water partition coefficient (Wildman–Crippen LogP) is 1.90. The largest absolute Gasteiger partial charge is 0.396 e. The Morgan fingerprint density at radius 1 is 1.44 bits per heavy atom. The molecule has 0 saturated carbocycles. The van der Waals surface area contributed by atoms with Crippen molar-refractivity contribution >= 4 is 0 Å². The number of hydrogen-bond acceptors (Lipinski definition) is 1. The molecule has 1 nitrogen and oxygen atoms in total. The average molecular weight is 134 g/mol. The van der Waals surface area contributed by atoms with E-state index in [1.54, 1.807) is 0 Å². The number of aliphatic hydroxyl groups excluding tert-OH is 1. The van der Waals surface area contributed by atoms with Gasteiger partial charge in [-0.05, 0) is 6.42 Å². The van der Waals surface area contributed by atoms with Gasteiger partial charge in [0, 0.05) is 13.0 Å². The van der Waals surface area contributed by atoms with E-state index in [2.05, 4.69) is 0 Å². The molecule has 0 spiro atoms. The molecule has 0 saturated heterocycles. The lowest BCUT2D eigenvalue weighted by Gasteiger charge is -2.02. The lowest BCUT2D eigenvalue weighted by molar-refractivity contribution is 0.210. The number of aliphatic hydroxyl groups is 1. The first kappa shape index (κ1) is 8.89. The van der Waals surface area contributed by atoms with Crippen LogP contribution in [0.1, 0.15) is 32.6 Å². The van der Waals surface area contributed by atoms with Gasteiger partial charge in [-0.25, -0.2) is 4.39 Å². The Balaban J connectivity index is 2.95. The molecule has 0 fully saturated rings. The third-order valence-corrected chi connectivity index (χ3v) is 1.31. The molecule has 0 aliphatic heterocycles. The third-order valence-electron chi connectivity index (χ3n) is 1.31. The second-order valence-electron chi connectivity index (χ2n) is 2.25. The molecule has 1 N–H and O–H groups in total. The molecule has 1 atom stereocenters. The topological polar surface area (TPSA) is 20.2 Å². The highest BCUT2D eigenvalue weighted by Gasteiger charge is 2.02. The quantitative estimate of drug-likeness (QED) is 0.608. The zero-order valence-electron chi connectivity index (χ0n) is 5.94. The summed E-state index contributed by atoms with van der Waals surface area (Å²) in [6, 6.07) is 0. The summed E-state index contributed by atoms with van der Waals surface area (Å²) < 4.78 is 12.4. The van der Waals surface area contributed by atoms with Crippen molar-refractivity contribution in [3.8, 4) is 0 Å². The number of unbranched alkanes of at least 4 members (excludes halogenated alkanes) is 1. The third kappa shape index (κ3) is 5.77. The van der Waals surface area contributed by atoms with Gasteiger partial charge in [-0.2, -0.15) is 0 Å². The molecule has 0 bridgehead atoms. The van der Waals surface area contributed by atoms with E-state index in [0.29, 0.717) is 12.8 Å². The molecule has 56 valence electrons. The predicted molar refractivity (Wildman–Crippen MR) is 36.1 cm³/mol. The first-order valence-electron chi connectivity index (χ1n) is 3.56. The van der Waals surface area contributed by atoms with Crippen molar-refractivity contribution in [3.63, 3.8) is 0 Å². The Morgan fingerprint density at radius 2 is 2.11 bits per heavy atom. The van der Waals surface area contributed by atoms with Crippen LogP contribution >= 0.6 is 0 Å². The Hall–Kier alpha value is -0.110. The molecular formula is C7H15FO. The summed E-state index contributed by atoms with van der Waals surface area (Å²) in [4.78, 5) is 0. The lowest BCUT2D eigenvalue weighted by Crippen LogP contribution is -2.01. The van der Waals surface area contributed by atoms with Gasteiger partial charge in [-0.1, -0.05) is 19.8 Å². The van der Waals surface area contributed by atoms with Gasteiger partial charge < -0.3 is 5.11 Å². The summed E-state index contributed by atoms with van der Waals surface area (Å²) in [7, 11) is 0.